The first-order chi connectivity index (χ1) is 6.20. The van der Waals surface area contributed by atoms with Crippen LogP contribution in [0.15, 0.2) is 0 Å². The molecule has 1 unspecified atom stereocenters. The van der Waals surface area contributed by atoms with E-state index in [0.717, 1.165) is 0 Å². The molecule has 0 rings (SSSR count). The highest BCUT2D eigenvalue weighted by Crippen LogP contribution is 2.06. The van der Waals surface area contributed by atoms with E-state index in [0.29, 0.717) is 0 Å². The zero-order valence-electron chi connectivity index (χ0n) is 8.53. The highest BCUT2D eigenvalue weighted by Gasteiger charge is 2.18. The third-order valence-electron chi connectivity index (χ3n) is 1.08. The monoisotopic (exact) mass is 204 g/mol. The minimum absolute atomic E-state index is 0.334. The van der Waals surface area contributed by atoms with E-state index in [1.54, 1.807) is 20.8 Å². The first kappa shape index (κ1) is 12.7. The maximum absolute atomic E-state index is 11.0. The third kappa shape index (κ3) is 7.35. The first-order valence-electron chi connectivity index (χ1n) is 4.16. The number of alkyl carbamates (subject to hydrolysis) is 1. The van der Waals surface area contributed by atoms with Gasteiger partial charge in [0.2, 0.25) is 5.91 Å². The largest absolute Gasteiger partial charge is 0.444 e. The highest BCUT2D eigenvalue weighted by molar-refractivity contribution is 5.75. The second-order valence-electron chi connectivity index (χ2n) is 3.83. The van der Waals surface area contributed by atoms with Crippen molar-refractivity contribution in [2.24, 2.45) is 5.73 Å². The summed E-state index contributed by atoms with van der Waals surface area (Å²) in [5.41, 5.74) is 4.16. The Morgan fingerprint density at radius 3 is 2.36 bits per heavy atom. The summed E-state index contributed by atoms with van der Waals surface area (Å²) in [6.07, 6.45) is -2.42. The Morgan fingerprint density at radius 2 is 2.00 bits per heavy atom. The van der Waals surface area contributed by atoms with Crippen LogP contribution < -0.4 is 11.1 Å². The quantitative estimate of drug-likeness (QED) is 0.549. The highest BCUT2D eigenvalue weighted by atomic mass is 16.6. The molecule has 14 heavy (non-hydrogen) atoms. The number of amides is 2. The summed E-state index contributed by atoms with van der Waals surface area (Å²) >= 11 is 0. The molecule has 2 amide bonds. The molecule has 6 heteroatoms. The van der Waals surface area contributed by atoms with Crippen molar-refractivity contribution in [3.63, 3.8) is 0 Å². The molecular weight excluding hydrogens is 188 g/mol. The van der Waals surface area contributed by atoms with Gasteiger partial charge in [0.05, 0.1) is 6.42 Å². The summed E-state index contributed by atoms with van der Waals surface area (Å²) < 4.78 is 4.83. The van der Waals surface area contributed by atoms with Gasteiger partial charge in [-0.2, -0.15) is 0 Å². The molecule has 0 aliphatic heterocycles. The molecule has 0 saturated carbocycles. The van der Waals surface area contributed by atoms with Crippen LogP contribution in [0.5, 0.6) is 0 Å². The number of carbonyl (C=O) groups is 2. The van der Waals surface area contributed by atoms with E-state index in [1.165, 1.54) is 0 Å². The van der Waals surface area contributed by atoms with Crippen molar-refractivity contribution in [1.29, 1.82) is 0 Å². The SMILES string of the molecule is CC(C)(C)OC(=O)NC(O)CC(N)=O. The molecule has 6 nitrogen and oxygen atoms in total. The van der Waals surface area contributed by atoms with Gasteiger partial charge in [0, 0.05) is 0 Å². The maximum atomic E-state index is 11.0. The predicted molar refractivity (Wildman–Crippen MR) is 49.2 cm³/mol. The molecule has 0 radical (unpaired) electrons. The van der Waals surface area contributed by atoms with Crippen LogP contribution in [0.2, 0.25) is 0 Å². The van der Waals surface area contributed by atoms with Gasteiger partial charge in [0.15, 0.2) is 0 Å². The number of aliphatic hydroxyl groups excluding tert-OH is 1. The van der Waals surface area contributed by atoms with Gasteiger partial charge in [-0.15, -0.1) is 0 Å². The molecule has 0 heterocycles. The second-order valence-corrected chi connectivity index (χ2v) is 3.83. The number of rotatable bonds is 3. The van der Waals surface area contributed by atoms with E-state index in [2.05, 4.69) is 5.32 Å². The van der Waals surface area contributed by atoms with E-state index in [1.807, 2.05) is 0 Å². The van der Waals surface area contributed by atoms with Gasteiger partial charge >= 0.3 is 6.09 Å². The topological polar surface area (TPSA) is 102 Å². The molecule has 0 aliphatic rings. The van der Waals surface area contributed by atoms with Crippen LogP contribution in [0, 0.1) is 0 Å². The molecule has 4 N–H and O–H groups in total. The molecule has 0 aliphatic carbocycles. The fourth-order valence-electron chi connectivity index (χ4n) is 0.685. The Hall–Kier alpha value is -1.30. The molecule has 0 spiro atoms. The number of aliphatic hydroxyl groups is 1. The van der Waals surface area contributed by atoms with Crippen LogP contribution in [0.4, 0.5) is 4.79 Å². The number of carbonyl (C=O) groups excluding carboxylic acids is 2. The molecule has 0 saturated heterocycles. The molecule has 0 bridgehead atoms. The van der Waals surface area contributed by atoms with Crippen LogP contribution in [0.1, 0.15) is 27.2 Å². The van der Waals surface area contributed by atoms with Gasteiger partial charge in [-0.05, 0) is 20.8 Å². The minimum atomic E-state index is -1.30. The summed E-state index contributed by atoms with van der Waals surface area (Å²) in [7, 11) is 0. The lowest BCUT2D eigenvalue weighted by molar-refractivity contribution is -0.120. The molecule has 0 aromatic carbocycles. The number of primary amides is 1. The van der Waals surface area contributed by atoms with Gasteiger partial charge in [-0.25, -0.2) is 4.79 Å². The molecule has 0 aromatic heterocycles. The van der Waals surface area contributed by atoms with E-state index in [9.17, 15) is 9.59 Å². The lowest BCUT2D eigenvalue weighted by Crippen LogP contribution is -2.40. The Kier molecular flexibility index (Phi) is 4.36. The number of hydrogen-bond acceptors (Lipinski definition) is 4. The van der Waals surface area contributed by atoms with E-state index in [-0.39, 0.29) is 6.42 Å². The number of nitrogens with one attached hydrogen (secondary N) is 1. The summed E-state index contributed by atoms with van der Waals surface area (Å²) in [4.78, 5) is 21.4. The lowest BCUT2D eigenvalue weighted by atomic mass is 10.2. The van der Waals surface area contributed by atoms with Gasteiger partial charge in [0.25, 0.3) is 0 Å². The fourth-order valence-corrected chi connectivity index (χ4v) is 0.685. The zero-order valence-corrected chi connectivity index (χ0v) is 8.53. The van der Waals surface area contributed by atoms with Crippen molar-refractivity contribution in [2.75, 3.05) is 0 Å². The third-order valence-corrected chi connectivity index (χ3v) is 1.08. The first-order valence-corrected chi connectivity index (χ1v) is 4.16. The van der Waals surface area contributed by atoms with Crippen molar-refractivity contribution >= 4 is 12.0 Å². The Morgan fingerprint density at radius 1 is 1.50 bits per heavy atom. The smallest absolute Gasteiger partial charge is 0.409 e. The Balaban J connectivity index is 3.89. The molecular formula is C8H16N2O4. The Labute approximate surface area is 82.4 Å². The van der Waals surface area contributed by atoms with Crippen LogP contribution in [0.25, 0.3) is 0 Å². The van der Waals surface area contributed by atoms with Crippen molar-refractivity contribution in [1.82, 2.24) is 5.32 Å². The number of hydrogen-bond donors (Lipinski definition) is 3. The lowest BCUT2D eigenvalue weighted by Gasteiger charge is -2.21. The fraction of sp³-hybridized carbons (Fsp3) is 0.750. The summed E-state index contributed by atoms with van der Waals surface area (Å²) in [6.45, 7) is 5.06. The van der Waals surface area contributed by atoms with E-state index < -0.39 is 23.8 Å². The summed E-state index contributed by atoms with van der Waals surface area (Å²) in [5.74, 6) is -0.700. The van der Waals surface area contributed by atoms with Gasteiger partial charge in [-0.3, -0.25) is 10.1 Å². The number of nitrogens with two attached hydrogens (primary N) is 1. The van der Waals surface area contributed by atoms with Gasteiger partial charge in [-0.1, -0.05) is 0 Å². The molecule has 1 atom stereocenters. The molecule has 82 valence electrons. The average molecular weight is 204 g/mol. The average Bonchev–Trinajstić information content (AvgIpc) is 1.77. The van der Waals surface area contributed by atoms with Crippen LogP contribution in [-0.2, 0) is 9.53 Å². The maximum Gasteiger partial charge on any atom is 0.409 e. The zero-order chi connectivity index (χ0) is 11.4. The van der Waals surface area contributed by atoms with Crippen LogP contribution in [-0.4, -0.2) is 28.9 Å². The predicted octanol–water partition coefficient (Wildman–Crippen LogP) is -0.295. The van der Waals surface area contributed by atoms with E-state index >= 15 is 0 Å². The summed E-state index contributed by atoms with van der Waals surface area (Å²) in [5, 5.41) is 11.1. The normalized spacial score (nSPS) is 13.1. The van der Waals surface area contributed by atoms with Crippen molar-refractivity contribution in [3.8, 4) is 0 Å². The Bertz CT molecular complexity index is 222. The van der Waals surface area contributed by atoms with Gasteiger partial charge < -0.3 is 15.6 Å². The molecule has 0 aromatic rings. The molecule has 0 fully saturated rings. The van der Waals surface area contributed by atoms with Crippen LogP contribution >= 0.6 is 0 Å². The number of ether oxygens (including phenoxy) is 1. The minimum Gasteiger partial charge on any atom is -0.444 e. The van der Waals surface area contributed by atoms with Crippen molar-refractivity contribution in [3.05, 3.63) is 0 Å². The van der Waals surface area contributed by atoms with Crippen LogP contribution in [0.3, 0.4) is 0 Å². The van der Waals surface area contributed by atoms with Crippen molar-refractivity contribution in [2.45, 2.75) is 39.0 Å². The van der Waals surface area contributed by atoms with Crippen molar-refractivity contribution < 1.29 is 19.4 Å². The second kappa shape index (κ2) is 4.80. The van der Waals surface area contributed by atoms with E-state index in [4.69, 9.17) is 15.6 Å². The standard InChI is InChI=1S/C8H16N2O4/c1-8(2,3)14-7(13)10-6(12)4-5(9)11/h6,12H,4H2,1-3H3,(H2,9,11)(H,10,13). The summed E-state index contributed by atoms with van der Waals surface area (Å²) in [6, 6.07) is 0. The van der Waals surface area contributed by atoms with Gasteiger partial charge in [0.1, 0.15) is 11.8 Å².